The number of ether oxygens (including phenoxy) is 1. The average Bonchev–Trinajstić information content (AvgIpc) is 2.49. The smallest absolute Gasteiger partial charge is 0.229 e. The van der Waals surface area contributed by atoms with Gasteiger partial charge in [-0.1, -0.05) is 29.3 Å². The zero-order valence-corrected chi connectivity index (χ0v) is 13.9. The van der Waals surface area contributed by atoms with Gasteiger partial charge in [-0.2, -0.15) is 12.6 Å². The Kier molecular flexibility index (Phi) is 6.64. The molecule has 1 atom stereocenters. The van der Waals surface area contributed by atoms with E-state index in [1.165, 1.54) is 0 Å². The molecule has 1 fully saturated rings. The first-order valence-corrected chi connectivity index (χ1v) is 8.12. The maximum Gasteiger partial charge on any atom is 0.229 e. The molecule has 0 radical (unpaired) electrons. The van der Waals surface area contributed by atoms with Gasteiger partial charge in [-0.3, -0.25) is 9.69 Å². The van der Waals surface area contributed by atoms with E-state index >= 15 is 0 Å². The molecule has 0 spiro atoms. The molecule has 4 nitrogen and oxygen atoms in total. The van der Waals surface area contributed by atoms with Gasteiger partial charge in [0.15, 0.2) is 0 Å². The van der Waals surface area contributed by atoms with Gasteiger partial charge in [-0.15, -0.1) is 0 Å². The summed E-state index contributed by atoms with van der Waals surface area (Å²) in [6, 6.07) is 5.67. The Hall–Kier alpha value is -0.460. The van der Waals surface area contributed by atoms with Crippen molar-refractivity contribution in [2.45, 2.75) is 12.6 Å². The first-order chi connectivity index (χ1) is 10.1. The van der Waals surface area contributed by atoms with Crippen LogP contribution < -0.4 is 5.32 Å². The fourth-order valence-electron chi connectivity index (χ4n) is 2.23. The lowest BCUT2D eigenvalue weighted by atomic mass is 10.2. The molecule has 116 valence electrons. The van der Waals surface area contributed by atoms with E-state index in [0.717, 1.165) is 25.2 Å². The summed E-state index contributed by atoms with van der Waals surface area (Å²) in [7, 11) is 0. The second kappa shape index (κ2) is 8.25. The fourth-order valence-corrected chi connectivity index (χ4v) is 2.66. The zero-order valence-electron chi connectivity index (χ0n) is 11.5. The summed E-state index contributed by atoms with van der Waals surface area (Å²) in [5.74, 6) is 0.114. The molecule has 21 heavy (non-hydrogen) atoms. The van der Waals surface area contributed by atoms with E-state index in [9.17, 15) is 4.79 Å². The highest BCUT2D eigenvalue weighted by Crippen LogP contribution is 2.23. The number of benzene rings is 1. The number of nitrogens with one attached hydrogen (secondary N) is 1. The van der Waals surface area contributed by atoms with E-state index < -0.39 is 0 Å². The van der Waals surface area contributed by atoms with E-state index in [2.05, 4.69) is 22.8 Å². The molecule has 1 aromatic rings. The minimum atomic E-state index is -0.0801. The molecule has 1 N–H and O–H groups in total. The lowest BCUT2D eigenvalue weighted by Crippen LogP contribution is -2.47. The van der Waals surface area contributed by atoms with Crippen molar-refractivity contribution in [3.8, 4) is 0 Å². The van der Waals surface area contributed by atoms with Gasteiger partial charge in [0, 0.05) is 26.2 Å². The van der Waals surface area contributed by atoms with Crippen LogP contribution in [0.25, 0.3) is 0 Å². The Balaban J connectivity index is 1.85. The van der Waals surface area contributed by atoms with Crippen molar-refractivity contribution in [3.63, 3.8) is 0 Å². The topological polar surface area (TPSA) is 41.6 Å². The third-order valence-electron chi connectivity index (χ3n) is 3.28. The number of hydrogen-bond donors (Lipinski definition) is 2. The molecule has 0 saturated carbocycles. The molecule has 2 rings (SSSR count). The highest BCUT2D eigenvalue weighted by atomic mass is 35.5. The molecule has 1 saturated heterocycles. The van der Waals surface area contributed by atoms with Crippen molar-refractivity contribution in [1.29, 1.82) is 0 Å². The summed E-state index contributed by atoms with van der Waals surface area (Å²) in [4.78, 5) is 13.5. The van der Waals surface area contributed by atoms with Crippen LogP contribution >= 0.6 is 35.8 Å². The van der Waals surface area contributed by atoms with Gasteiger partial charge in [-0.25, -0.2) is 0 Å². The first-order valence-electron chi connectivity index (χ1n) is 6.74. The quantitative estimate of drug-likeness (QED) is 0.802. The van der Waals surface area contributed by atoms with Gasteiger partial charge in [0.1, 0.15) is 0 Å². The Labute approximate surface area is 140 Å². The highest BCUT2D eigenvalue weighted by molar-refractivity contribution is 7.81. The standard InChI is InChI=1S/C14H18Cl2N2O2S/c15-12-2-1-10(5-13(12)16)7-18-3-4-20-11(8-18)6-17-14(19)9-21/h1-2,5,11,21H,3-4,6-9H2,(H,17,19)/t11-/m0/s1. The Morgan fingerprint density at radius 3 is 2.95 bits per heavy atom. The number of halogens is 2. The van der Waals surface area contributed by atoms with E-state index in [0.29, 0.717) is 23.2 Å². The molecular formula is C14H18Cl2N2O2S. The first kappa shape index (κ1) is 16.9. The molecule has 1 heterocycles. The fraction of sp³-hybridized carbons (Fsp3) is 0.500. The maximum absolute atomic E-state index is 11.2. The van der Waals surface area contributed by atoms with Crippen molar-refractivity contribution < 1.29 is 9.53 Å². The van der Waals surface area contributed by atoms with Gasteiger partial charge in [0.05, 0.1) is 28.5 Å². The third kappa shape index (κ3) is 5.34. The molecule has 0 unspecified atom stereocenters. The summed E-state index contributed by atoms with van der Waals surface area (Å²) in [6.45, 7) is 3.58. The number of thiol groups is 1. The van der Waals surface area contributed by atoms with Crippen molar-refractivity contribution in [2.24, 2.45) is 0 Å². The molecule has 0 aliphatic carbocycles. The maximum atomic E-state index is 11.2. The average molecular weight is 349 g/mol. The SMILES string of the molecule is O=C(CS)NC[C@H]1CN(Cc2ccc(Cl)c(Cl)c2)CCO1. The number of hydrogen-bond acceptors (Lipinski definition) is 4. The van der Waals surface area contributed by atoms with Crippen molar-refractivity contribution in [3.05, 3.63) is 33.8 Å². The van der Waals surface area contributed by atoms with Crippen molar-refractivity contribution in [1.82, 2.24) is 10.2 Å². The number of carbonyl (C=O) groups excluding carboxylic acids is 1. The summed E-state index contributed by atoms with van der Waals surface area (Å²) < 4.78 is 5.66. The number of morpholine rings is 1. The molecule has 1 aliphatic heterocycles. The number of rotatable bonds is 5. The lowest BCUT2D eigenvalue weighted by Gasteiger charge is -2.33. The second-order valence-electron chi connectivity index (χ2n) is 4.94. The molecule has 1 amide bonds. The van der Waals surface area contributed by atoms with Crippen LogP contribution in [0.1, 0.15) is 5.56 Å². The monoisotopic (exact) mass is 348 g/mol. The largest absolute Gasteiger partial charge is 0.374 e. The van der Waals surface area contributed by atoms with E-state index in [4.69, 9.17) is 27.9 Å². The van der Waals surface area contributed by atoms with Crippen LogP contribution in [-0.4, -0.2) is 48.9 Å². The predicted molar refractivity (Wildman–Crippen MR) is 88.3 cm³/mol. The van der Waals surface area contributed by atoms with Gasteiger partial charge in [0.2, 0.25) is 5.91 Å². The highest BCUT2D eigenvalue weighted by Gasteiger charge is 2.21. The van der Waals surface area contributed by atoms with Crippen LogP contribution in [-0.2, 0) is 16.1 Å². The molecular weight excluding hydrogens is 331 g/mol. The summed E-state index contributed by atoms with van der Waals surface area (Å²) in [6.07, 6.45) is 0.00496. The molecule has 1 aliphatic rings. The van der Waals surface area contributed by atoms with Crippen LogP contribution in [0.4, 0.5) is 0 Å². The van der Waals surface area contributed by atoms with Gasteiger partial charge >= 0.3 is 0 Å². The Morgan fingerprint density at radius 1 is 1.43 bits per heavy atom. The summed E-state index contributed by atoms with van der Waals surface area (Å²) in [5, 5.41) is 3.93. The van der Waals surface area contributed by atoms with Gasteiger partial charge in [0.25, 0.3) is 0 Å². The van der Waals surface area contributed by atoms with Crippen LogP contribution in [0.3, 0.4) is 0 Å². The third-order valence-corrected chi connectivity index (χ3v) is 4.31. The number of carbonyl (C=O) groups is 1. The van der Waals surface area contributed by atoms with Crippen molar-refractivity contribution in [2.75, 3.05) is 32.0 Å². The molecule has 0 bridgehead atoms. The molecule has 7 heteroatoms. The molecule has 1 aromatic carbocycles. The minimum Gasteiger partial charge on any atom is -0.374 e. The normalized spacial score (nSPS) is 19.5. The van der Waals surface area contributed by atoms with Gasteiger partial charge < -0.3 is 10.1 Å². The van der Waals surface area contributed by atoms with Crippen LogP contribution in [0, 0.1) is 0 Å². The number of nitrogens with zero attached hydrogens (tertiary/aromatic N) is 1. The summed E-state index contributed by atoms with van der Waals surface area (Å²) in [5.41, 5.74) is 1.12. The Morgan fingerprint density at radius 2 is 2.24 bits per heavy atom. The lowest BCUT2D eigenvalue weighted by molar-refractivity contribution is -0.119. The minimum absolute atomic E-state index is 0.00496. The van der Waals surface area contributed by atoms with E-state index in [1.54, 1.807) is 0 Å². The van der Waals surface area contributed by atoms with Crippen LogP contribution in [0.15, 0.2) is 18.2 Å². The van der Waals surface area contributed by atoms with Crippen LogP contribution in [0.2, 0.25) is 10.0 Å². The van der Waals surface area contributed by atoms with E-state index in [1.807, 2.05) is 18.2 Å². The zero-order chi connectivity index (χ0) is 15.2. The molecule has 0 aromatic heterocycles. The summed E-state index contributed by atoms with van der Waals surface area (Å²) >= 11 is 15.9. The second-order valence-corrected chi connectivity index (χ2v) is 6.07. The Bertz CT molecular complexity index is 502. The number of amides is 1. The van der Waals surface area contributed by atoms with E-state index in [-0.39, 0.29) is 17.8 Å². The van der Waals surface area contributed by atoms with Crippen LogP contribution in [0.5, 0.6) is 0 Å². The van der Waals surface area contributed by atoms with Crippen molar-refractivity contribution >= 4 is 41.7 Å². The predicted octanol–water partition coefficient (Wildman–Crippen LogP) is 2.24. The van der Waals surface area contributed by atoms with Gasteiger partial charge in [-0.05, 0) is 17.7 Å².